The van der Waals surface area contributed by atoms with Crippen molar-refractivity contribution in [3.05, 3.63) is 24.2 Å². The van der Waals surface area contributed by atoms with Crippen molar-refractivity contribution in [2.45, 2.75) is 31.7 Å². The molecule has 0 aromatic carbocycles. The molecule has 2 amide bonds. The SMILES string of the molecule is NC(=O)C1N(C(=O)c2ccco2)CCCC12CCOCC2. The second-order valence-electron chi connectivity index (χ2n) is 5.86. The van der Waals surface area contributed by atoms with Crippen LogP contribution < -0.4 is 5.73 Å². The van der Waals surface area contributed by atoms with Gasteiger partial charge in [-0.25, -0.2) is 0 Å². The van der Waals surface area contributed by atoms with Crippen LogP contribution in [-0.2, 0) is 9.53 Å². The molecular formula is C15H20N2O4. The Morgan fingerprint density at radius 3 is 2.67 bits per heavy atom. The molecule has 0 radical (unpaired) electrons. The van der Waals surface area contributed by atoms with E-state index in [1.807, 2.05) is 0 Å². The molecule has 2 aliphatic rings. The summed E-state index contributed by atoms with van der Waals surface area (Å²) < 4.78 is 10.6. The molecule has 1 atom stereocenters. The Labute approximate surface area is 123 Å². The molecule has 2 fully saturated rings. The van der Waals surface area contributed by atoms with Crippen molar-refractivity contribution in [1.29, 1.82) is 0 Å². The van der Waals surface area contributed by atoms with E-state index in [9.17, 15) is 9.59 Å². The number of rotatable bonds is 2. The Balaban J connectivity index is 1.92. The van der Waals surface area contributed by atoms with Crippen molar-refractivity contribution in [3.63, 3.8) is 0 Å². The Morgan fingerprint density at radius 2 is 2.05 bits per heavy atom. The summed E-state index contributed by atoms with van der Waals surface area (Å²) in [7, 11) is 0. The smallest absolute Gasteiger partial charge is 0.290 e. The van der Waals surface area contributed by atoms with Crippen LogP contribution in [0.3, 0.4) is 0 Å². The van der Waals surface area contributed by atoms with Gasteiger partial charge in [-0.15, -0.1) is 0 Å². The van der Waals surface area contributed by atoms with E-state index in [1.165, 1.54) is 6.26 Å². The Kier molecular flexibility index (Phi) is 3.71. The molecule has 0 bridgehead atoms. The Bertz CT molecular complexity index is 514. The molecule has 114 valence electrons. The van der Waals surface area contributed by atoms with Crippen LogP contribution in [0.4, 0.5) is 0 Å². The van der Waals surface area contributed by atoms with Crippen molar-refractivity contribution in [3.8, 4) is 0 Å². The van der Waals surface area contributed by atoms with Crippen molar-refractivity contribution in [2.75, 3.05) is 19.8 Å². The molecule has 2 saturated heterocycles. The zero-order valence-electron chi connectivity index (χ0n) is 11.9. The maximum Gasteiger partial charge on any atom is 0.290 e. The second-order valence-corrected chi connectivity index (χ2v) is 5.86. The van der Waals surface area contributed by atoms with Crippen molar-refractivity contribution < 1.29 is 18.7 Å². The number of nitrogens with zero attached hydrogens (tertiary/aromatic N) is 1. The lowest BCUT2D eigenvalue weighted by atomic mass is 9.67. The largest absolute Gasteiger partial charge is 0.459 e. The minimum Gasteiger partial charge on any atom is -0.459 e. The fourth-order valence-electron chi connectivity index (χ4n) is 3.72. The molecule has 0 aliphatic carbocycles. The van der Waals surface area contributed by atoms with Gasteiger partial charge in [-0.2, -0.15) is 0 Å². The van der Waals surface area contributed by atoms with Gasteiger partial charge in [0, 0.05) is 25.2 Å². The van der Waals surface area contributed by atoms with Gasteiger partial charge in [0.2, 0.25) is 5.91 Å². The van der Waals surface area contributed by atoms with Gasteiger partial charge in [-0.1, -0.05) is 0 Å². The number of furan rings is 1. The molecule has 1 aromatic heterocycles. The first kappa shape index (κ1) is 14.1. The molecule has 2 aliphatic heterocycles. The third kappa shape index (κ3) is 2.44. The lowest BCUT2D eigenvalue weighted by Gasteiger charge is -2.50. The number of nitrogens with two attached hydrogens (primary N) is 1. The molecule has 3 heterocycles. The molecule has 0 saturated carbocycles. The highest BCUT2D eigenvalue weighted by molar-refractivity contribution is 5.95. The average molecular weight is 292 g/mol. The zero-order chi connectivity index (χ0) is 14.9. The van der Waals surface area contributed by atoms with Gasteiger partial charge in [-0.05, 0) is 37.8 Å². The molecule has 1 spiro atoms. The van der Waals surface area contributed by atoms with Crippen molar-refractivity contribution in [1.82, 2.24) is 4.90 Å². The van der Waals surface area contributed by atoms with E-state index >= 15 is 0 Å². The van der Waals surface area contributed by atoms with Gasteiger partial charge in [0.25, 0.3) is 5.91 Å². The summed E-state index contributed by atoms with van der Waals surface area (Å²) in [6.45, 7) is 1.77. The zero-order valence-corrected chi connectivity index (χ0v) is 11.9. The van der Waals surface area contributed by atoms with Gasteiger partial charge < -0.3 is 19.8 Å². The van der Waals surface area contributed by atoms with E-state index in [0.29, 0.717) is 19.8 Å². The second kappa shape index (κ2) is 5.52. The number of likely N-dealkylation sites (tertiary alicyclic amines) is 1. The van der Waals surface area contributed by atoms with Crippen LogP contribution in [-0.4, -0.2) is 42.5 Å². The quantitative estimate of drug-likeness (QED) is 0.886. The van der Waals surface area contributed by atoms with Crippen molar-refractivity contribution >= 4 is 11.8 Å². The van der Waals surface area contributed by atoms with Crippen molar-refractivity contribution in [2.24, 2.45) is 11.1 Å². The molecule has 2 N–H and O–H groups in total. The molecule has 6 nitrogen and oxygen atoms in total. The normalized spacial score (nSPS) is 25.0. The highest BCUT2D eigenvalue weighted by Gasteiger charge is 2.50. The van der Waals surface area contributed by atoms with E-state index in [1.54, 1.807) is 17.0 Å². The van der Waals surface area contributed by atoms with Crippen LogP contribution in [0.2, 0.25) is 0 Å². The molecule has 1 unspecified atom stereocenters. The maximum atomic E-state index is 12.6. The standard InChI is InChI=1S/C15H20N2O4/c16-13(18)12-15(5-9-20-10-6-15)4-2-7-17(12)14(19)11-3-1-8-21-11/h1,3,8,12H,2,4-7,9-10H2,(H2,16,18). The maximum absolute atomic E-state index is 12.6. The monoisotopic (exact) mass is 292 g/mol. The fourth-order valence-corrected chi connectivity index (χ4v) is 3.72. The van der Waals surface area contributed by atoms with Gasteiger partial charge in [0.1, 0.15) is 6.04 Å². The predicted molar refractivity (Wildman–Crippen MR) is 74.4 cm³/mol. The number of hydrogen-bond acceptors (Lipinski definition) is 4. The van der Waals surface area contributed by atoms with E-state index in [0.717, 1.165) is 25.7 Å². The first-order chi connectivity index (χ1) is 10.1. The Hall–Kier alpha value is -1.82. The highest BCUT2D eigenvalue weighted by atomic mass is 16.5. The van der Waals surface area contributed by atoms with Gasteiger partial charge >= 0.3 is 0 Å². The lowest BCUT2D eigenvalue weighted by Crippen LogP contribution is -2.61. The van der Waals surface area contributed by atoms with Gasteiger partial charge in [0.15, 0.2) is 5.76 Å². The summed E-state index contributed by atoms with van der Waals surface area (Å²) in [5.74, 6) is -0.434. The third-order valence-corrected chi connectivity index (χ3v) is 4.72. The summed E-state index contributed by atoms with van der Waals surface area (Å²) in [5, 5.41) is 0. The molecule has 21 heavy (non-hydrogen) atoms. The summed E-state index contributed by atoms with van der Waals surface area (Å²) in [6, 6.07) is 2.71. The first-order valence-electron chi connectivity index (χ1n) is 7.36. The fraction of sp³-hybridized carbons (Fsp3) is 0.600. The van der Waals surface area contributed by atoms with Crippen LogP contribution in [0.25, 0.3) is 0 Å². The summed E-state index contributed by atoms with van der Waals surface area (Å²) in [4.78, 5) is 26.3. The minimum atomic E-state index is -0.576. The minimum absolute atomic E-state index is 0.245. The molecule has 6 heteroatoms. The van der Waals surface area contributed by atoms with Crippen LogP contribution in [0.1, 0.15) is 36.2 Å². The number of carbonyl (C=O) groups is 2. The predicted octanol–water partition coefficient (Wildman–Crippen LogP) is 1.17. The van der Waals surface area contributed by atoms with Crippen LogP contribution in [0.5, 0.6) is 0 Å². The number of piperidine rings is 1. The number of hydrogen-bond donors (Lipinski definition) is 1. The van der Waals surface area contributed by atoms with Crippen LogP contribution in [0.15, 0.2) is 22.8 Å². The number of ether oxygens (including phenoxy) is 1. The van der Waals surface area contributed by atoms with E-state index < -0.39 is 11.9 Å². The summed E-state index contributed by atoms with van der Waals surface area (Å²) >= 11 is 0. The lowest BCUT2D eigenvalue weighted by molar-refractivity contribution is -0.134. The van der Waals surface area contributed by atoms with E-state index in [2.05, 4.69) is 0 Å². The highest BCUT2D eigenvalue weighted by Crippen LogP contribution is 2.44. The van der Waals surface area contributed by atoms with Crippen LogP contribution >= 0.6 is 0 Å². The molecule has 1 aromatic rings. The summed E-state index contributed by atoms with van der Waals surface area (Å²) in [5.41, 5.74) is 5.40. The van der Waals surface area contributed by atoms with E-state index in [4.69, 9.17) is 14.9 Å². The molecular weight excluding hydrogens is 272 g/mol. The first-order valence-corrected chi connectivity index (χ1v) is 7.36. The van der Waals surface area contributed by atoms with E-state index in [-0.39, 0.29) is 17.1 Å². The third-order valence-electron chi connectivity index (χ3n) is 4.72. The Morgan fingerprint density at radius 1 is 1.29 bits per heavy atom. The number of carbonyl (C=O) groups excluding carboxylic acids is 2. The van der Waals surface area contributed by atoms with Crippen LogP contribution in [0, 0.1) is 5.41 Å². The average Bonchev–Trinajstić information content (AvgIpc) is 3.01. The summed E-state index contributed by atoms with van der Waals surface area (Å²) in [6.07, 6.45) is 4.77. The van der Waals surface area contributed by atoms with Gasteiger partial charge in [0.05, 0.1) is 6.26 Å². The molecule has 3 rings (SSSR count). The number of amides is 2. The topological polar surface area (TPSA) is 85.8 Å². The van der Waals surface area contributed by atoms with Gasteiger partial charge in [-0.3, -0.25) is 9.59 Å². The number of primary amides is 1.